The quantitative estimate of drug-likeness (QED) is 0.328. The Balaban J connectivity index is 1.23. The number of hydrogen-bond acceptors (Lipinski definition) is 7. The predicted molar refractivity (Wildman–Crippen MR) is 131 cm³/mol. The zero-order valence-electron chi connectivity index (χ0n) is 18.6. The average molecular weight is 486 g/mol. The molecule has 0 radical (unpaired) electrons. The molecule has 0 fully saturated rings. The van der Waals surface area contributed by atoms with Gasteiger partial charge in [0.25, 0.3) is 17.7 Å². The fraction of sp³-hybridized carbons (Fsp3) is 0.115. The van der Waals surface area contributed by atoms with Crippen molar-refractivity contribution in [3.05, 3.63) is 94.0 Å². The zero-order chi connectivity index (χ0) is 24.5. The van der Waals surface area contributed by atoms with Crippen LogP contribution < -0.4 is 5.32 Å². The average Bonchev–Trinajstić information content (AvgIpc) is 3.37. The highest BCUT2D eigenvalue weighted by Crippen LogP contribution is 2.26. The van der Waals surface area contributed by atoms with Gasteiger partial charge in [0.2, 0.25) is 0 Å². The van der Waals surface area contributed by atoms with Gasteiger partial charge in [0.05, 0.1) is 31.9 Å². The lowest BCUT2D eigenvalue weighted by atomic mass is 10.1. The molecule has 5 rings (SSSR count). The first-order chi connectivity index (χ1) is 16.9. The van der Waals surface area contributed by atoms with Gasteiger partial charge in [-0.05, 0) is 42.0 Å². The van der Waals surface area contributed by atoms with Crippen molar-refractivity contribution in [1.29, 1.82) is 0 Å². The van der Waals surface area contributed by atoms with Crippen molar-refractivity contribution in [2.45, 2.75) is 6.42 Å². The van der Waals surface area contributed by atoms with Gasteiger partial charge in [-0.1, -0.05) is 30.3 Å². The van der Waals surface area contributed by atoms with Crippen molar-refractivity contribution in [1.82, 2.24) is 9.88 Å². The number of hydrogen-bond donors (Lipinski definition) is 1. The highest BCUT2D eigenvalue weighted by atomic mass is 32.1. The van der Waals surface area contributed by atoms with E-state index in [-0.39, 0.29) is 17.0 Å². The van der Waals surface area contributed by atoms with E-state index in [0.717, 1.165) is 25.7 Å². The third-order valence-electron chi connectivity index (χ3n) is 5.62. The van der Waals surface area contributed by atoms with E-state index in [2.05, 4.69) is 10.3 Å². The Morgan fingerprint density at radius 3 is 2.54 bits per heavy atom. The molecule has 174 valence electrons. The standard InChI is InChI=1S/C26H19N3O5S/c1-29-24(31)18-11-10-16(13-19(18)25(29)32)27-22(30)14-34-26(33)17-7-3-2-6-15(17)12-23-28-20-8-4-5-9-21(20)35-23/h2-11,13H,12,14H2,1H3,(H,27,30). The summed E-state index contributed by atoms with van der Waals surface area (Å²) in [6, 6.07) is 19.3. The molecule has 0 bridgehead atoms. The Morgan fingerprint density at radius 1 is 0.971 bits per heavy atom. The van der Waals surface area contributed by atoms with Crippen molar-refractivity contribution in [3.8, 4) is 0 Å². The number of amides is 3. The fourth-order valence-corrected chi connectivity index (χ4v) is 4.87. The number of esters is 1. The molecule has 0 saturated carbocycles. The number of carbonyl (C=O) groups excluding carboxylic acids is 4. The maximum absolute atomic E-state index is 12.7. The van der Waals surface area contributed by atoms with Crippen molar-refractivity contribution >= 4 is 50.9 Å². The Labute approximate surface area is 204 Å². The van der Waals surface area contributed by atoms with Crippen LogP contribution in [0.3, 0.4) is 0 Å². The second-order valence-electron chi connectivity index (χ2n) is 7.96. The Kier molecular flexibility index (Phi) is 5.84. The van der Waals surface area contributed by atoms with Crippen molar-refractivity contribution in [2.24, 2.45) is 0 Å². The van der Waals surface area contributed by atoms with Crippen LogP contribution in [0.5, 0.6) is 0 Å². The van der Waals surface area contributed by atoms with Crippen LogP contribution in [0.25, 0.3) is 10.2 Å². The van der Waals surface area contributed by atoms with Crippen LogP contribution in [0.1, 0.15) is 41.6 Å². The number of imide groups is 1. The largest absolute Gasteiger partial charge is 0.452 e. The molecule has 0 spiro atoms. The minimum Gasteiger partial charge on any atom is -0.452 e. The van der Waals surface area contributed by atoms with Gasteiger partial charge in [0.1, 0.15) is 0 Å². The van der Waals surface area contributed by atoms with Crippen LogP contribution >= 0.6 is 11.3 Å². The number of thiazole rings is 1. The Bertz CT molecular complexity index is 1480. The number of para-hydroxylation sites is 1. The normalized spacial score (nSPS) is 12.7. The van der Waals surface area contributed by atoms with Crippen molar-refractivity contribution < 1.29 is 23.9 Å². The number of fused-ring (bicyclic) bond motifs is 2. The van der Waals surface area contributed by atoms with E-state index >= 15 is 0 Å². The molecule has 0 unspecified atom stereocenters. The first-order valence-electron chi connectivity index (χ1n) is 10.8. The number of nitrogens with one attached hydrogen (secondary N) is 1. The number of ether oxygens (including phenoxy) is 1. The van der Waals surface area contributed by atoms with Crippen LogP contribution in [0, 0.1) is 0 Å². The molecule has 8 nitrogen and oxygen atoms in total. The van der Waals surface area contributed by atoms with E-state index in [0.29, 0.717) is 17.7 Å². The van der Waals surface area contributed by atoms with Gasteiger partial charge in [-0.2, -0.15) is 0 Å². The molecule has 1 aromatic heterocycles. The number of anilines is 1. The van der Waals surface area contributed by atoms with Gasteiger partial charge in [-0.15, -0.1) is 11.3 Å². The second-order valence-corrected chi connectivity index (χ2v) is 9.08. The second kappa shape index (κ2) is 9.11. The van der Waals surface area contributed by atoms with Crippen LogP contribution in [0.15, 0.2) is 66.7 Å². The molecule has 3 aromatic carbocycles. The summed E-state index contributed by atoms with van der Waals surface area (Å²) in [6.45, 7) is -0.502. The lowest BCUT2D eigenvalue weighted by molar-refractivity contribution is -0.119. The van der Waals surface area contributed by atoms with Gasteiger partial charge in [0, 0.05) is 19.2 Å². The molecular formula is C26H19N3O5S. The summed E-state index contributed by atoms with van der Waals surface area (Å²) in [5.41, 5.74) is 2.86. The molecule has 1 N–H and O–H groups in total. The third kappa shape index (κ3) is 4.41. The predicted octanol–water partition coefficient (Wildman–Crippen LogP) is 3.91. The molecule has 9 heteroatoms. The lowest BCUT2D eigenvalue weighted by Crippen LogP contribution is -2.24. The Morgan fingerprint density at radius 2 is 1.71 bits per heavy atom. The molecule has 1 aliphatic rings. The number of rotatable bonds is 6. The van der Waals surface area contributed by atoms with Gasteiger partial charge in [-0.25, -0.2) is 9.78 Å². The highest BCUT2D eigenvalue weighted by molar-refractivity contribution is 7.18. The molecule has 35 heavy (non-hydrogen) atoms. The lowest BCUT2D eigenvalue weighted by Gasteiger charge is -2.10. The summed E-state index contributed by atoms with van der Waals surface area (Å²) < 4.78 is 6.32. The minimum absolute atomic E-state index is 0.219. The molecule has 0 atom stereocenters. The van der Waals surface area contributed by atoms with E-state index in [1.54, 1.807) is 23.5 Å². The summed E-state index contributed by atoms with van der Waals surface area (Å²) in [6.07, 6.45) is 0.465. The third-order valence-corrected chi connectivity index (χ3v) is 6.66. The van der Waals surface area contributed by atoms with E-state index in [1.165, 1.54) is 25.2 Å². The van der Waals surface area contributed by atoms with Crippen molar-refractivity contribution in [2.75, 3.05) is 19.0 Å². The van der Waals surface area contributed by atoms with Gasteiger partial charge in [0.15, 0.2) is 6.61 Å². The van der Waals surface area contributed by atoms with Crippen LogP contribution in [0.4, 0.5) is 5.69 Å². The van der Waals surface area contributed by atoms with Crippen molar-refractivity contribution in [3.63, 3.8) is 0 Å². The van der Waals surface area contributed by atoms with Crippen LogP contribution in [0.2, 0.25) is 0 Å². The zero-order valence-corrected chi connectivity index (χ0v) is 19.4. The fourth-order valence-electron chi connectivity index (χ4n) is 3.88. The molecular weight excluding hydrogens is 466 g/mol. The maximum atomic E-state index is 12.7. The SMILES string of the molecule is CN1C(=O)c2ccc(NC(=O)COC(=O)c3ccccc3Cc3nc4ccccc4s3)cc2C1=O. The summed E-state index contributed by atoms with van der Waals surface area (Å²) in [5.74, 6) is -2.00. The number of carbonyl (C=O) groups is 4. The number of aromatic nitrogens is 1. The van der Waals surface area contributed by atoms with E-state index in [9.17, 15) is 19.2 Å². The van der Waals surface area contributed by atoms with Gasteiger partial charge < -0.3 is 10.1 Å². The number of nitrogens with zero attached hydrogens (tertiary/aromatic N) is 2. The number of benzene rings is 3. The summed E-state index contributed by atoms with van der Waals surface area (Å²) in [4.78, 5) is 54.9. The smallest absolute Gasteiger partial charge is 0.338 e. The summed E-state index contributed by atoms with van der Waals surface area (Å²) in [7, 11) is 1.40. The van der Waals surface area contributed by atoms with E-state index < -0.39 is 24.4 Å². The molecule has 0 saturated heterocycles. The summed E-state index contributed by atoms with van der Waals surface area (Å²) >= 11 is 1.57. The minimum atomic E-state index is -0.617. The first-order valence-corrected chi connectivity index (χ1v) is 11.6. The summed E-state index contributed by atoms with van der Waals surface area (Å²) in [5, 5.41) is 3.47. The first kappa shape index (κ1) is 22.4. The van der Waals surface area contributed by atoms with E-state index in [4.69, 9.17) is 4.74 Å². The van der Waals surface area contributed by atoms with E-state index in [1.807, 2.05) is 36.4 Å². The molecule has 4 aromatic rings. The molecule has 0 aliphatic carbocycles. The monoisotopic (exact) mass is 485 g/mol. The highest BCUT2D eigenvalue weighted by Gasteiger charge is 2.32. The Hall–Kier alpha value is -4.37. The maximum Gasteiger partial charge on any atom is 0.338 e. The molecule has 1 aliphatic heterocycles. The van der Waals surface area contributed by atoms with Gasteiger partial charge in [-0.3, -0.25) is 19.3 Å². The molecule has 2 heterocycles. The van der Waals surface area contributed by atoms with Crippen LogP contribution in [-0.2, 0) is 16.0 Å². The van der Waals surface area contributed by atoms with Crippen LogP contribution in [-0.4, -0.2) is 47.2 Å². The van der Waals surface area contributed by atoms with Gasteiger partial charge >= 0.3 is 5.97 Å². The molecule has 3 amide bonds. The topological polar surface area (TPSA) is 106 Å².